The number of carboxylic acid groups (broad SMARTS) is 1. The van der Waals surface area contributed by atoms with E-state index in [0.717, 1.165) is 39.2 Å². The van der Waals surface area contributed by atoms with Gasteiger partial charge in [-0.15, -0.1) is 0 Å². The third-order valence-corrected chi connectivity index (χ3v) is 9.21. The highest BCUT2D eigenvalue weighted by Crippen LogP contribution is 2.33. The van der Waals surface area contributed by atoms with Gasteiger partial charge in [0, 0.05) is 43.3 Å². The number of carbonyl (C=O) groups is 2. The Morgan fingerprint density at radius 2 is 1.71 bits per heavy atom. The molecule has 0 fully saturated rings. The molecule has 1 atom stereocenters. The number of pyridine rings is 1. The zero-order valence-electron chi connectivity index (χ0n) is 23.2. The van der Waals surface area contributed by atoms with E-state index >= 15 is 0 Å². The first-order valence-electron chi connectivity index (χ1n) is 13.5. The highest BCUT2D eigenvalue weighted by molar-refractivity contribution is 8.76. The van der Waals surface area contributed by atoms with Gasteiger partial charge in [-0.1, -0.05) is 76.2 Å². The first-order chi connectivity index (χ1) is 19.9. The van der Waals surface area contributed by atoms with Crippen LogP contribution in [0.15, 0.2) is 84.9 Å². The number of amides is 1. The smallest absolute Gasteiger partial charge is 0.303 e. The number of ether oxygens (including phenoxy) is 1. The van der Waals surface area contributed by atoms with Crippen LogP contribution in [0.3, 0.4) is 0 Å². The van der Waals surface area contributed by atoms with Crippen LogP contribution in [0.2, 0.25) is 0 Å². The number of fused-ring (bicyclic) bond motifs is 1. The molecule has 1 heterocycles. The van der Waals surface area contributed by atoms with Crippen molar-refractivity contribution in [3.05, 3.63) is 102 Å². The molecule has 0 spiro atoms. The van der Waals surface area contributed by atoms with Crippen molar-refractivity contribution < 1.29 is 19.4 Å². The van der Waals surface area contributed by atoms with E-state index in [1.54, 1.807) is 40.6 Å². The van der Waals surface area contributed by atoms with Gasteiger partial charge >= 0.3 is 5.97 Å². The van der Waals surface area contributed by atoms with Gasteiger partial charge < -0.3 is 14.7 Å². The second-order valence-corrected chi connectivity index (χ2v) is 12.6. The summed E-state index contributed by atoms with van der Waals surface area (Å²) >= 11 is 0. The fourth-order valence-corrected chi connectivity index (χ4v) is 6.77. The Morgan fingerprint density at radius 3 is 2.51 bits per heavy atom. The number of carboxylic acids is 1. The Labute approximate surface area is 249 Å². The zero-order chi connectivity index (χ0) is 29.0. The maximum atomic E-state index is 11.9. The van der Waals surface area contributed by atoms with Gasteiger partial charge in [0.05, 0.1) is 11.2 Å². The van der Waals surface area contributed by atoms with E-state index < -0.39 is 5.97 Å². The largest absolute Gasteiger partial charge is 0.481 e. The molecular formula is C33H34N2O4S2. The number of hydrogen-bond donors (Lipinski definition) is 1. The molecule has 1 N–H and O–H groups in total. The number of rotatable bonds is 14. The molecule has 1 aromatic heterocycles. The molecule has 3 aromatic carbocycles. The summed E-state index contributed by atoms with van der Waals surface area (Å²) in [7, 11) is 6.78. The van der Waals surface area contributed by atoms with Gasteiger partial charge in [-0.05, 0) is 66.4 Å². The summed E-state index contributed by atoms with van der Waals surface area (Å²) in [6, 6.07) is 28.0. The predicted molar refractivity (Wildman–Crippen MR) is 171 cm³/mol. The molecule has 0 radical (unpaired) electrons. The highest BCUT2D eigenvalue weighted by Gasteiger charge is 2.15. The molecule has 1 unspecified atom stereocenters. The van der Waals surface area contributed by atoms with Crippen molar-refractivity contribution in [3.63, 3.8) is 0 Å². The third kappa shape index (κ3) is 9.99. The Hall–Kier alpha value is -3.75. The lowest BCUT2D eigenvalue weighted by molar-refractivity contribution is -0.137. The van der Waals surface area contributed by atoms with Crippen LogP contribution < -0.4 is 4.74 Å². The normalized spacial score (nSPS) is 12.0. The summed E-state index contributed by atoms with van der Waals surface area (Å²) in [5.74, 6) is 1.44. The second kappa shape index (κ2) is 15.3. The SMILES string of the molecule is CN(C)C(=O)CCSSC(CCC(=O)O)Cc1cccc(Oc2cccc(C=Cc3ccc4ccccc4n3)c2)c1. The number of benzene rings is 3. The lowest BCUT2D eigenvalue weighted by atomic mass is 10.1. The molecular weight excluding hydrogens is 553 g/mol. The zero-order valence-corrected chi connectivity index (χ0v) is 24.9. The monoisotopic (exact) mass is 586 g/mol. The average molecular weight is 587 g/mol. The molecule has 212 valence electrons. The molecule has 41 heavy (non-hydrogen) atoms. The van der Waals surface area contributed by atoms with Crippen molar-refractivity contribution in [2.75, 3.05) is 19.8 Å². The van der Waals surface area contributed by atoms with E-state index in [1.165, 1.54) is 0 Å². The van der Waals surface area contributed by atoms with Crippen molar-refractivity contribution in [3.8, 4) is 11.5 Å². The predicted octanol–water partition coefficient (Wildman–Crippen LogP) is 7.83. The summed E-state index contributed by atoms with van der Waals surface area (Å²) < 4.78 is 6.20. The Balaban J connectivity index is 1.38. The van der Waals surface area contributed by atoms with Gasteiger partial charge in [-0.2, -0.15) is 0 Å². The molecule has 4 rings (SSSR count). The minimum Gasteiger partial charge on any atom is -0.481 e. The van der Waals surface area contributed by atoms with Crippen LogP contribution in [-0.2, 0) is 16.0 Å². The van der Waals surface area contributed by atoms with E-state index in [9.17, 15) is 14.7 Å². The van der Waals surface area contributed by atoms with Gasteiger partial charge in [0.1, 0.15) is 11.5 Å². The van der Waals surface area contributed by atoms with Gasteiger partial charge in [-0.25, -0.2) is 4.98 Å². The summed E-state index contributed by atoms with van der Waals surface area (Å²) in [5.41, 5.74) is 3.94. The van der Waals surface area contributed by atoms with Gasteiger partial charge in [-0.3, -0.25) is 9.59 Å². The minimum atomic E-state index is -0.800. The van der Waals surface area contributed by atoms with Crippen LogP contribution in [0.5, 0.6) is 11.5 Å². The standard InChI is InChI=1S/C33H34N2O4S2/c1-35(2)32(36)19-20-40-41-30(17-18-33(37)38)23-25-8-6-11-29(22-25)39-28-10-5-7-24(21-28)13-15-27-16-14-26-9-3-4-12-31(26)34-27/h3-16,21-22,30H,17-20,23H2,1-2H3,(H,37,38). The van der Waals surface area contributed by atoms with E-state index in [-0.39, 0.29) is 17.6 Å². The second-order valence-electron chi connectivity index (χ2n) is 9.80. The van der Waals surface area contributed by atoms with Gasteiger partial charge in [0.2, 0.25) is 5.91 Å². The molecule has 0 aliphatic carbocycles. The Kier molecular flexibility index (Phi) is 11.3. The fourth-order valence-electron chi connectivity index (χ4n) is 4.14. The molecule has 0 aliphatic heterocycles. The minimum absolute atomic E-state index is 0.0925. The topological polar surface area (TPSA) is 79.7 Å². The summed E-state index contributed by atoms with van der Waals surface area (Å²) in [5, 5.41) is 10.4. The summed E-state index contributed by atoms with van der Waals surface area (Å²) in [6.07, 6.45) is 5.86. The van der Waals surface area contributed by atoms with Crippen molar-refractivity contribution in [1.29, 1.82) is 0 Å². The lowest BCUT2D eigenvalue weighted by Gasteiger charge is -2.16. The van der Waals surface area contributed by atoms with Crippen LogP contribution >= 0.6 is 21.6 Å². The first kappa shape index (κ1) is 30.2. The van der Waals surface area contributed by atoms with Gasteiger partial charge in [0.15, 0.2) is 0 Å². The number of para-hydroxylation sites is 1. The molecule has 1 amide bonds. The summed E-state index contributed by atoms with van der Waals surface area (Å²) in [4.78, 5) is 29.4. The van der Waals surface area contributed by atoms with Crippen LogP contribution in [0, 0.1) is 0 Å². The van der Waals surface area contributed by atoms with Crippen molar-refractivity contribution in [1.82, 2.24) is 9.88 Å². The van der Waals surface area contributed by atoms with Crippen LogP contribution in [0.25, 0.3) is 23.1 Å². The average Bonchev–Trinajstić information content (AvgIpc) is 2.97. The molecule has 8 heteroatoms. The van der Waals surface area contributed by atoms with Crippen LogP contribution in [0.4, 0.5) is 0 Å². The maximum absolute atomic E-state index is 11.9. The van der Waals surface area contributed by atoms with E-state index in [0.29, 0.717) is 25.0 Å². The van der Waals surface area contributed by atoms with E-state index in [4.69, 9.17) is 9.72 Å². The molecule has 0 saturated carbocycles. The van der Waals surface area contributed by atoms with Crippen LogP contribution in [-0.4, -0.2) is 52.0 Å². The number of aromatic nitrogens is 1. The van der Waals surface area contributed by atoms with Crippen molar-refractivity contribution in [2.45, 2.75) is 30.9 Å². The molecule has 0 aliphatic rings. The van der Waals surface area contributed by atoms with Crippen molar-refractivity contribution >= 4 is 56.5 Å². The van der Waals surface area contributed by atoms with Crippen LogP contribution in [0.1, 0.15) is 36.1 Å². The molecule has 4 aromatic rings. The Bertz CT molecular complexity index is 1510. The highest BCUT2D eigenvalue weighted by atomic mass is 33.1. The lowest BCUT2D eigenvalue weighted by Crippen LogP contribution is -2.21. The van der Waals surface area contributed by atoms with E-state index in [1.807, 2.05) is 84.9 Å². The number of aliphatic carboxylic acids is 1. The summed E-state index contributed by atoms with van der Waals surface area (Å²) in [6.45, 7) is 0. The van der Waals surface area contributed by atoms with Crippen molar-refractivity contribution in [2.24, 2.45) is 0 Å². The third-order valence-electron chi connectivity index (χ3n) is 6.30. The molecule has 0 saturated heterocycles. The quantitative estimate of drug-likeness (QED) is 0.119. The number of carbonyl (C=O) groups excluding carboxylic acids is 1. The maximum Gasteiger partial charge on any atom is 0.303 e. The number of nitrogens with zero attached hydrogens (tertiary/aromatic N) is 2. The number of hydrogen-bond acceptors (Lipinski definition) is 6. The van der Waals surface area contributed by atoms with E-state index in [2.05, 4.69) is 12.1 Å². The molecule has 0 bridgehead atoms. The Morgan fingerprint density at radius 1 is 0.927 bits per heavy atom. The molecule has 6 nitrogen and oxygen atoms in total. The van der Waals surface area contributed by atoms with Gasteiger partial charge in [0.25, 0.3) is 0 Å². The first-order valence-corrected chi connectivity index (χ1v) is 15.8. The fraction of sp³-hybridized carbons (Fsp3) is 0.242.